The van der Waals surface area contributed by atoms with Crippen molar-refractivity contribution in [1.82, 2.24) is 10.2 Å². The summed E-state index contributed by atoms with van der Waals surface area (Å²) < 4.78 is 12.4. The minimum Gasteiger partial charge on any atom is -0.497 e. The summed E-state index contributed by atoms with van der Waals surface area (Å²) >= 11 is 2.17. The Bertz CT molecular complexity index is 1150. The molecule has 2 aromatic rings. The second kappa shape index (κ2) is 13.4. The van der Waals surface area contributed by atoms with E-state index < -0.39 is 18.2 Å². The lowest BCUT2D eigenvalue weighted by atomic mass is 9.82. The number of nitrogens with zero attached hydrogens (tertiary/aromatic N) is 1. The molecule has 0 heterocycles. The van der Waals surface area contributed by atoms with Crippen LogP contribution >= 0.6 is 22.6 Å². The number of halogens is 1. The monoisotopic (exact) mass is 634 g/mol. The first kappa shape index (κ1) is 28.4. The van der Waals surface area contributed by atoms with Crippen LogP contribution in [0.4, 0.5) is 0 Å². The average Bonchev–Trinajstić information content (AvgIpc) is 2.89. The number of para-hydroxylation sites is 1. The molecule has 0 unspecified atom stereocenters. The number of carbonyl (C=O) groups excluding carboxylic acids is 2. The van der Waals surface area contributed by atoms with Crippen molar-refractivity contribution in [2.45, 2.75) is 50.4 Å². The van der Waals surface area contributed by atoms with E-state index in [1.165, 1.54) is 0 Å². The van der Waals surface area contributed by atoms with Gasteiger partial charge in [0, 0.05) is 31.0 Å². The Morgan fingerprint density at radius 2 is 1.95 bits per heavy atom. The van der Waals surface area contributed by atoms with Crippen LogP contribution in [0.3, 0.4) is 0 Å². The van der Waals surface area contributed by atoms with Crippen molar-refractivity contribution in [3.63, 3.8) is 0 Å². The van der Waals surface area contributed by atoms with Crippen LogP contribution in [0.25, 0.3) is 0 Å². The smallest absolute Gasteiger partial charge is 0.247 e. The Balaban J connectivity index is 1.63. The highest BCUT2D eigenvalue weighted by molar-refractivity contribution is 14.1. The van der Waals surface area contributed by atoms with Crippen molar-refractivity contribution in [2.24, 2.45) is 5.92 Å². The minimum atomic E-state index is -1.03. The molecule has 0 spiro atoms. The standard InChI is InChI=1S/C29H35IN2O6/c1-37-22-9-4-6-19(16-22)12-14-32(29(36)20-7-5-8-20)24-17-21(28(35)31-13-15-33)18-26(27(24)34)38-25-11-3-2-10-23(25)30/h2-4,6,9-11,16,18,20,24,26-27,33-34H,5,7-8,12-15,17H2,1H3,(H,31,35)/t24-,26+,27+/m1/s1. The highest BCUT2D eigenvalue weighted by Gasteiger charge is 2.42. The van der Waals surface area contributed by atoms with Crippen molar-refractivity contribution in [3.05, 3.63) is 69.3 Å². The maximum absolute atomic E-state index is 13.7. The maximum atomic E-state index is 13.7. The SMILES string of the molecule is COc1cccc(CCN(C(=O)C2CCC2)[C@@H]2CC(C(=O)NCCO)=C[C@H](Oc3ccccc3I)[C@H]2O)c1. The van der Waals surface area contributed by atoms with Gasteiger partial charge in [-0.2, -0.15) is 0 Å². The highest BCUT2D eigenvalue weighted by atomic mass is 127. The molecule has 2 aromatic carbocycles. The molecule has 0 aliphatic heterocycles. The van der Waals surface area contributed by atoms with E-state index in [0.29, 0.717) is 24.3 Å². The fraction of sp³-hybridized carbons (Fsp3) is 0.448. The molecule has 0 radical (unpaired) electrons. The third-order valence-corrected chi connectivity index (χ3v) is 8.12. The summed E-state index contributed by atoms with van der Waals surface area (Å²) in [5.74, 6) is 0.940. The number of hydrogen-bond donors (Lipinski definition) is 3. The molecule has 8 nitrogen and oxygen atoms in total. The Morgan fingerprint density at radius 3 is 2.63 bits per heavy atom. The van der Waals surface area contributed by atoms with E-state index in [4.69, 9.17) is 9.47 Å². The van der Waals surface area contributed by atoms with E-state index >= 15 is 0 Å². The fourth-order valence-corrected chi connectivity index (χ4v) is 5.39. The first-order chi connectivity index (χ1) is 18.4. The molecule has 0 aromatic heterocycles. The van der Waals surface area contributed by atoms with Gasteiger partial charge in [0.25, 0.3) is 0 Å². The highest BCUT2D eigenvalue weighted by Crippen LogP contribution is 2.34. The molecule has 0 bridgehead atoms. The van der Waals surface area contributed by atoms with E-state index in [1.807, 2.05) is 48.5 Å². The van der Waals surface area contributed by atoms with Gasteiger partial charge in [-0.25, -0.2) is 0 Å². The van der Waals surface area contributed by atoms with Crippen LogP contribution in [-0.2, 0) is 16.0 Å². The van der Waals surface area contributed by atoms with Crippen LogP contribution in [0.1, 0.15) is 31.2 Å². The Morgan fingerprint density at radius 1 is 1.16 bits per heavy atom. The van der Waals surface area contributed by atoms with Crippen LogP contribution in [-0.4, -0.2) is 72.0 Å². The third kappa shape index (κ3) is 6.86. The molecule has 1 fully saturated rings. The number of benzene rings is 2. The number of rotatable bonds is 11. The number of aliphatic hydroxyl groups is 2. The molecule has 1 saturated carbocycles. The number of nitrogens with one attached hydrogen (secondary N) is 1. The minimum absolute atomic E-state index is 0.00764. The van der Waals surface area contributed by atoms with E-state index in [-0.39, 0.29) is 37.3 Å². The van der Waals surface area contributed by atoms with E-state index in [2.05, 4.69) is 27.9 Å². The van der Waals surface area contributed by atoms with Gasteiger partial charge in [-0.05, 0) is 77.8 Å². The second-order valence-corrected chi connectivity index (χ2v) is 10.9. The van der Waals surface area contributed by atoms with Crippen molar-refractivity contribution >= 4 is 34.4 Å². The summed E-state index contributed by atoms with van der Waals surface area (Å²) in [6, 6.07) is 14.6. The van der Waals surface area contributed by atoms with Gasteiger partial charge in [0.15, 0.2) is 0 Å². The first-order valence-corrected chi connectivity index (χ1v) is 14.1. The van der Waals surface area contributed by atoms with Crippen LogP contribution < -0.4 is 14.8 Å². The molecule has 204 valence electrons. The lowest BCUT2D eigenvalue weighted by Crippen LogP contribution is -2.57. The summed E-state index contributed by atoms with van der Waals surface area (Å²) in [7, 11) is 1.62. The summed E-state index contributed by atoms with van der Waals surface area (Å²) in [5, 5.41) is 23.5. The Kier molecular flexibility index (Phi) is 10.0. The Labute approximate surface area is 237 Å². The predicted octanol–water partition coefficient (Wildman–Crippen LogP) is 3.09. The molecule has 9 heteroatoms. The maximum Gasteiger partial charge on any atom is 0.247 e. The number of aliphatic hydroxyl groups excluding tert-OH is 2. The summed E-state index contributed by atoms with van der Waals surface area (Å²) in [6.07, 6.45) is 3.24. The van der Waals surface area contributed by atoms with E-state index in [9.17, 15) is 19.8 Å². The normalized spacial score (nSPS) is 21.2. The topological polar surface area (TPSA) is 108 Å². The van der Waals surface area contributed by atoms with Crippen molar-refractivity contribution in [1.29, 1.82) is 0 Å². The molecular formula is C29H35IN2O6. The third-order valence-electron chi connectivity index (χ3n) is 7.23. The predicted molar refractivity (Wildman–Crippen MR) is 152 cm³/mol. The molecule has 2 aliphatic rings. The molecular weight excluding hydrogens is 599 g/mol. The molecule has 38 heavy (non-hydrogen) atoms. The van der Waals surface area contributed by atoms with Gasteiger partial charge in [0.05, 0.1) is 23.3 Å². The van der Waals surface area contributed by atoms with Gasteiger partial charge >= 0.3 is 0 Å². The molecule has 2 aliphatic carbocycles. The average molecular weight is 635 g/mol. The second-order valence-electron chi connectivity index (χ2n) is 9.71. The van der Waals surface area contributed by atoms with Crippen molar-refractivity contribution in [2.75, 3.05) is 26.8 Å². The van der Waals surface area contributed by atoms with Crippen LogP contribution in [0, 0.1) is 9.49 Å². The Hall–Kier alpha value is -2.63. The molecule has 2 amide bonds. The van der Waals surface area contributed by atoms with Crippen molar-refractivity contribution in [3.8, 4) is 11.5 Å². The zero-order chi connectivity index (χ0) is 27.1. The van der Waals surface area contributed by atoms with Gasteiger partial charge in [-0.15, -0.1) is 0 Å². The zero-order valence-electron chi connectivity index (χ0n) is 21.5. The lowest BCUT2D eigenvalue weighted by molar-refractivity contribution is -0.145. The number of ether oxygens (including phenoxy) is 2. The summed E-state index contributed by atoms with van der Waals surface area (Å²) in [4.78, 5) is 28.4. The molecule has 0 saturated heterocycles. The van der Waals surface area contributed by atoms with Crippen LogP contribution in [0.15, 0.2) is 60.2 Å². The fourth-order valence-electron chi connectivity index (χ4n) is 4.87. The van der Waals surface area contributed by atoms with Gasteiger partial charge < -0.3 is 29.9 Å². The van der Waals surface area contributed by atoms with Gasteiger partial charge in [0.1, 0.15) is 23.7 Å². The zero-order valence-corrected chi connectivity index (χ0v) is 23.7. The largest absolute Gasteiger partial charge is 0.497 e. The lowest BCUT2D eigenvalue weighted by Gasteiger charge is -2.43. The molecule has 3 N–H and O–H groups in total. The number of hydrogen-bond acceptors (Lipinski definition) is 6. The number of amides is 2. The van der Waals surface area contributed by atoms with Crippen LogP contribution in [0.5, 0.6) is 11.5 Å². The van der Waals surface area contributed by atoms with Gasteiger partial charge in [-0.1, -0.05) is 30.7 Å². The first-order valence-electron chi connectivity index (χ1n) is 13.0. The molecule has 3 atom stereocenters. The van der Waals surface area contributed by atoms with Crippen molar-refractivity contribution < 1.29 is 29.3 Å². The summed E-state index contributed by atoms with van der Waals surface area (Å²) in [5.41, 5.74) is 1.45. The van der Waals surface area contributed by atoms with Gasteiger partial charge in [0.2, 0.25) is 11.8 Å². The summed E-state index contributed by atoms with van der Waals surface area (Å²) in [6.45, 7) is 0.331. The van der Waals surface area contributed by atoms with E-state index in [1.54, 1.807) is 18.1 Å². The number of methoxy groups -OCH3 is 1. The van der Waals surface area contributed by atoms with Crippen LogP contribution in [0.2, 0.25) is 0 Å². The van der Waals surface area contributed by atoms with E-state index in [0.717, 1.165) is 34.1 Å². The molecule has 4 rings (SSSR count). The number of carbonyl (C=O) groups is 2. The quantitative estimate of drug-likeness (QED) is 0.328. The van der Waals surface area contributed by atoms with Gasteiger partial charge in [-0.3, -0.25) is 9.59 Å².